The number of aromatic nitrogens is 4. The zero-order valence-electron chi connectivity index (χ0n) is 12.6. The van der Waals surface area contributed by atoms with Gasteiger partial charge in [-0.05, 0) is 19.1 Å². The average molecular weight is 319 g/mol. The van der Waals surface area contributed by atoms with Crippen LogP contribution in [-0.4, -0.2) is 24.9 Å². The molecule has 3 N–H and O–H groups in total. The minimum Gasteiger partial charge on any atom is -0.505 e. The molecule has 0 aliphatic carbocycles. The van der Waals surface area contributed by atoms with Crippen molar-refractivity contribution in [2.24, 2.45) is 7.05 Å². The summed E-state index contributed by atoms with van der Waals surface area (Å²) in [6.45, 7) is 5.25. The molecule has 2 aromatic heterocycles. The Kier molecular flexibility index (Phi) is 4.54. The van der Waals surface area contributed by atoms with E-state index in [1.807, 2.05) is 6.92 Å². The molecule has 8 heteroatoms. The van der Waals surface area contributed by atoms with Crippen molar-refractivity contribution in [1.82, 2.24) is 19.7 Å². The molecule has 0 spiro atoms. The average Bonchev–Trinajstić information content (AvgIpc) is 2.84. The van der Waals surface area contributed by atoms with Crippen LogP contribution in [0.3, 0.4) is 0 Å². The van der Waals surface area contributed by atoms with Crippen molar-refractivity contribution in [2.75, 3.05) is 5.73 Å². The number of phenolic OH excluding ortho intramolecular Hbond substituents is 1. The molecule has 23 heavy (non-hydrogen) atoms. The van der Waals surface area contributed by atoms with Crippen molar-refractivity contribution < 1.29 is 13.9 Å². The summed E-state index contributed by atoms with van der Waals surface area (Å²) in [4.78, 5) is 7.88. The number of hydrogen-bond acceptors (Lipinski definition) is 5. The quantitative estimate of drug-likeness (QED) is 0.673. The first-order chi connectivity index (χ1) is 10.9. The maximum atomic E-state index is 13.4. The molecule has 0 aliphatic heterocycles. The Labute approximate surface area is 130 Å². The predicted octanol–water partition coefficient (Wildman–Crippen LogP) is 2.79. The number of nitrogens with zero attached hydrogens (tertiary/aromatic N) is 4. The highest BCUT2D eigenvalue weighted by Gasteiger charge is 2.18. The third-order valence-electron chi connectivity index (χ3n) is 2.93. The highest BCUT2D eigenvalue weighted by atomic mass is 19.2. The largest absolute Gasteiger partial charge is 0.505 e. The third-order valence-corrected chi connectivity index (χ3v) is 2.93. The topological polar surface area (TPSA) is 89.8 Å². The van der Waals surface area contributed by atoms with Crippen LogP contribution in [0.4, 0.5) is 14.6 Å². The Morgan fingerprint density at radius 1 is 1.30 bits per heavy atom. The van der Waals surface area contributed by atoms with Gasteiger partial charge in [0.05, 0.1) is 5.39 Å². The van der Waals surface area contributed by atoms with E-state index < -0.39 is 17.4 Å². The number of allylic oxidation sites excluding steroid dienone is 1. The number of benzene rings is 1. The minimum absolute atomic E-state index is 0.169. The van der Waals surface area contributed by atoms with E-state index >= 15 is 0 Å². The summed E-state index contributed by atoms with van der Waals surface area (Å²) in [7, 11) is 1.64. The van der Waals surface area contributed by atoms with E-state index in [4.69, 9.17) is 5.73 Å². The Morgan fingerprint density at radius 2 is 1.96 bits per heavy atom. The third kappa shape index (κ3) is 2.96. The normalized spacial score (nSPS) is 10.3. The van der Waals surface area contributed by atoms with E-state index in [-0.39, 0.29) is 17.1 Å². The molecule has 0 fully saturated rings. The molecule has 0 atom stereocenters. The summed E-state index contributed by atoms with van der Waals surface area (Å²) in [5.41, 5.74) is 6.70. The van der Waals surface area contributed by atoms with E-state index in [2.05, 4.69) is 21.6 Å². The van der Waals surface area contributed by atoms with Crippen LogP contribution in [-0.2, 0) is 7.05 Å². The van der Waals surface area contributed by atoms with Gasteiger partial charge in [0.2, 0.25) is 0 Å². The van der Waals surface area contributed by atoms with Gasteiger partial charge in [0, 0.05) is 12.6 Å². The number of anilines is 1. The van der Waals surface area contributed by atoms with E-state index in [1.165, 1.54) is 11.0 Å². The van der Waals surface area contributed by atoms with Gasteiger partial charge in [0.25, 0.3) is 0 Å². The number of fused-ring (bicyclic) bond motifs is 1. The van der Waals surface area contributed by atoms with Gasteiger partial charge in [-0.25, -0.2) is 19.0 Å². The number of aromatic hydroxyl groups is 1. The molecule has 3 aromatic rings. The predicted molar refractivity (Wildman–Crippen MR) is 83.6 cm³/mol. The van der Waals surface area contributed by atoms with E-state index in [9.17, 15) is 13.9 Å². The van der Waals surface area contributed by atoms with E-state index in [0.29, 0.717) is 11.0 Å². The second-order valence-electron chi connectivity index (χ2n) is 4.63. The maximum Gasteiger partial charge on any atom is 0.200 e. The number of hydrogen-bond donors (Lipinski definition) is 2. The summed E-state index contributed by atoms with van der Waals surface area (Å²) in [5, 5.41) is 14.0. The monoisotopic (exact) mass is 319 g/mol. The molecule has 0 unspecified atom stereocenters. The van der Waals surface area contributed by atoms with Gasteiger partial charge < -0.3 is 10.8 Å². The Balaban J connectivity index is 0.000000595. The summed E-state index contributed by atoms with van der Waals surface area (Å²) < 4.78 is 28.0. The lowest BCUT2D eigenvalue weighted by atomic mass is 10.1. The highest BCUT2D eigenvalue weighted by Crippen LogP contribution is 2.33. The fraction of sp³-hybridized carbons (Fsp3) is 0.133. The lowest BCUT2D eigenvalue weighted by Gasteiger charge is -2.02. The molecule has 0 radical (unpaired) electrons. The molecule has 0 saturated heterocycles. The summed E-state index contributed by atoms with van der Waals surface area (Å²) in [6, 6.07) is 2.01. The second-order valence-corrected chi connectivity index (χ2v) is 4.63. The Morgan fingerprint density at radius 3 is 2.57 bits per heavy atom. The van der Waals surface area contributed by atoms with E-state index in [0.717, 1.165) is 12.1 Å². The van der Waals surface area contributed by atoms with E-state index in [1.54, 1.807) is 13.1 Å². The molecule has 1 aromatic carbocycles. The fourth-order valence-corrected chi connectivity index (χ4v) is 2.02. The van der Waals surface area contributed by atoms with Crippen molar-refractivity contribution in [3.8, 4) is 17.0 Å². The summed E-state index contributed by atoms with van der Waals surface area (Å²) >= 11 is 0. The van der Waals surface area contributed by atoms with Crippen LogP contribution in [0.25, 0.3) is 22.3 Å². The first-order valence-corrected chi connectivity index (χ1v) is 6.59. The van der Waals surface area contributed by atoms with Crippen LogP contribution < -0.4 is 5.73 Å². The van der Waals surface area contributed by atoms with Crippen LogP contribution in [0, 0.1) is 11.6 Å². The van der Waals surface area contributed by atoms with Crippen LogP contribution in [0.2, 0.25) is 0 Å². The van der Waals surface area contributed by atoms with Crippen molar-refractivity contribution in [3.05, 3.63) is 42.7 Å². The SMILES string of the molecule is C=CC.Cn1nc(-c2cc(O)c(F)c(F)c2)c2c(N)ncnc21. The van der Waals surface area contributed by atoms with Gasteiger partial charge in [-0.2, -0.15) is 9.49 Å². The highest BCUT2D eigenvalue weighted by molar-refractivity contribution is 5.98. The van der Waals surface area contributed by atoms with Gasteiger partial charge >= 0.3 is 0 Å². The first kappa shape index (κ1) is 16.3. The van der Waals surface area contributed by atoms with Crippen LogP contribution in [0.5, 0.6) is 5.75 Å². The maximum absolute atomic E-state index is 13.4. The lowest BCUT2D eigenvalue weighted by molar-refractivity contribution is 0.407. The standard InChI is InChI=1S/C12H9F2N5O.C3H6/c1-19-12-8(11(15)16-4-17-12)10(18-19)5-2-6(13)9(14)7(20)3-5;1-3-2/h2-4,20H,1H3,(H2,15,16,17);3H,1H2,2H3. The molecule has 120 valence electrons. The number of phenols is 1. The van der Waals surface area contributed by atoms with Crippen molar-refractivity contribution in [3.63, 3.8) is 0 Å². The fourth-order valence-electron chi connectivity index (χ4n) is 2.02. The van der Waals surface area contributed by atoms with Crippen LogP contribution >= 0.6 is 0 Å². The van der Waals surface area contributed by atoms with Gasteiger partial charge in [-0.15, -0.1) is 6.58 Å². The minimum atomic E-state index is -1.31. The van der Waals surface area contributed by atoms with Gasteiger partial charge in [0.1, 0.15) is 17.8 Å². The number of nitrogen functional groups attached to an aromatic ring is 1. The number of nitrogens with two attached hydrogens (primary N) is 1. The zero-order chi connectivity index (χ0) is 17.1. The van der Waals surface area contributed by atoms with Gasteiger partial charge in [-0.1, -0.05) is 6.08 Å². The van der Waals surface area contributed by atoms with Crippen molar-refractivity contribution in [2.45, 2.75) is 6.92 Å². The number of rotatable bonds is 1. The molecule has 0 bridgehead atoms. The molecule has 0 amide bonds. The molecule has 0 saturated carbocycles. The first-order valence-electron chi connectivity index (χ1n) is 6.59. The molecule has 2 heterocycles. The summed E-state index contributed by atoms with van der Waals surface area (Å²) in [6.07, 6.45) is 3.03. The lowest BCUT2D eigenvalue weighted by Crippen LogP contribution is -1.95. The molecule has 6 nitrogen and oxygen atoms in total. The zero-order valence-corrected chi connectivity index (χ0v) is 12.6. The van der Waals surface area contributed by atoms with Gasteiger partial charge in [-0.3, -0.25) is 0 Å². The smallest absolute Gasteiger partial charge is 0.200 e. The van der Waals surface area contributed by atoms with Crippen molar-refractivity contribution in [1.29, 1.82) is 0 Å². The summed E-state index contributed by atoms with van der Waals surface area (Å²) in [5.74, 6) is -3.11. The van der Waals surface area contributed by atoms with Crippen LogP contribution in [0.15, 0.2) is 31.1 Å². The molecule has 0 aliphatic rings. The Bertz CT molecular complexity index is 853. The molecular weight excluding hydrogens is 304 g/mol. The Hall–Kier alpha value is -3.03. The second kappa shape index (κ2) is 6.39. The molecular formula is C15H15F2N5O. The number of halogens is 2. The van der Waals surface area contributed by atoms with Crippen molar-refractivity contribution >= 4 is 16.9 Å². The number of aryl methyl sites for hydroxylation is 1. The van der Waals surface area contributed by atoms with Crippen LogP contribution in [0.1, 0.15) is 6.92 Å². The van der Waals surface area contributed by atoms with Gasteiger partial charge in [0.15, 0.2) is 23.0 Å². The molecule has 3 rings (SSSR count).